The Kier molecular flexibility index (Phi) is 10.7. The minimum Gasteiger partial charge on any atom is -0.507 e. The zero-order chi connectivity index (χ0) is 24.6. The van der Waals surface area contributed by atoms with Crippen LogP contribution in [0.15, 0.2) is 58.3 Å². The second-order valence-corrected chi connectivity index (χ2v) is 9.33. The van der Waals surface area contributed by atoms with Gasteiger partial charge >= 0.3 is 0 Å². The predicted molar refractivity (Wildman–Crippen MR) is 124 cm³/mol. The Balaban J connectivity index is 0.00000306. The number of carbonyl (C=O) groups is 1. The average Bonchev–Trinajstić information content (AvgIpc) is 2.70. The standard InChI is InChI=1S/C18H14N2O11S2.2Na/c21-15-8-12(32(25,26)27)7-13-16(33(28,29)30)5-4-14(18(13)15)19-17(22)9-31-11-3-1-2-10(6-11)20(23)24;;/h1-8,21H,9H2,(H,19,22)(H,25,26,27)(H,28,29,30);;. The number of phenolic OH excluding ortho intramolecular Hbond substituents is 1. The van der Waals surface area contributed by atoms with Crippen molar-refractivity contribution in [3.05, 3.63) is 58.6 Å². The number of anilines is 1. The summed E-state index contributed by atoms with van der Waals surface area (Å²) in [6.45, 7) is -0.632. The SMILES string of the molecule is O=C(COc1cccc([N+](=O)[O-])c1)Nc1ccc(S(=O)(=O)O)c2cc(S(=O)(=O)O)cc(O)c12.[Na].[Na]. The van der Waals surface area contributed by atoms with Crippen LogP contribution in [0.4, 0.5) is 11.4 Å². The van der Waals surface area contributed by atoms with Gasteiger partial charge in [0.1, 0.15) is 16.4 Å². The Morgan fingerprint density at radius 3 is 2.23 bits per heavy atom. The van der Waals surface area contributed by atoms with Gasteiger partial charge in [0.15, 0.2) is 6.61 Å². The first kappa shape index (κ1) is 31.2. The molecule has 0 unspecified atom stereocenters. The number of nitro groups is 1. The van der Waals surface area contributed by atoms with E-state index in [1.165, 1.54) is 18.2 Å². The Bertz CT molecular complexity index is 1510. The molecule has 4 N–H and O–H groups in total. The predicted octanol–water partition coefficient (Wildman–Crippen LogP) is 1.20. The van der Waals surface area contributed by atoms with E-state index in [0.29, 0.717) is 12.1 Å². The molecule has 17 heteroatoms. The number of carbonyl (C=O) groups excluding carboxylic acids is 1. The first-order valence-electron chi connectivity index (χ1n) is 8.69. The van der Waals surface area contributed by atoms with Gasteiger partial charge < -0.3 is 15.2 Å². The Labute approximate surface area is 242 Å². The number of fused-ring (bicyclic) bond motifs is 1. The summed E-state index contributed by atoms with van der Waals surface area (Å²) in [5.74, 6) is -1.62. The van der Waals surface area contributed by atoms with Gasteiger partial charge in [0.25, 0.3) is 31.8 Å². The summed E-state index contributed by atoms with van der Waals surface area (Å²) in [5, 5.41) is 22.6. The molecule has 3 aromatic carbocycles. The second kappa shape index (κ2) is 12.0. The molecule has 0 aliphatic heterocycles. The minimum atomic E-state index is -4.89. The summed E-state index contributed by atoms with van der Waals surface area (Å²) in [7, 11) is -9.75. The van der Waals surface area contributed by atoms with E-state index in [4.69, 9.17) is 4.74 Å². The molecule has 0 fully saturated rings. The first-order chi connectivity index (χ1) is 15.3. The number of hydrogen-bond acceptors (Lipinski definition) is 9. The number of benzene rings is 3. The van der Waals surface area contributed by atoms with Crippen molar-refractivity contribution in [1.82, 2.24) is 0 Å². The maximum absolute atomic E-state index is 12.3. The van der Waals surface area contributed by atoms with Crippen molar-refractivity contribution < 1.29 is 45.5 Å². The number of rotatable bonds is 7. The van der Waals surface area contributed by atoms with Crippen molar-refractivity contribution in [3.8, 4) is 11.5 Å². The number of ether oxygens (including phenoxy) is 1. The summed E-state index contributed by atoms with van der Waals surface area (Å²) in [6.07, 6.45) is 0. The molecule has 35 heavy (non-hydrogen) atoms. The van der Waals surface area contributed by atoms with Crippen LogP contribution in [0.5, 0.6) is 11.5 Å². The second-order valence-electron chi connectivity index (χ2n) is 6.52. The molecule has 0 spiro atoms. The van der Waals surface area contributed by atoms with Gasteiger partial charge in [-0.2, -0.15) is 16.8 Å². The molecular formula is C18H14N2Na2O11S2. The fraction of sp³-hybridized carbons (Fsp3) is 0.0556. The molecule has 0 aliphatic rings. The molecule has 0 bridgehead atoms. The van der Waals surface area contributed by atoms with Crippen LogP contribution < -0.4 is 10.1 Å². The summed E-state index contributed by atoms with van der Waals surface area (Å²) in [4.78, 5) is 20.8. The van der Waals surface area contributed by atoms with Crippen LogP contribution in [0.3, 0.4) is 0 Å². The molecule has 2 radical (unpaired) electrons. The molecule has 0 heterocycles. The first-order valence-corrected chi connectivity index (χ1v) is 11.6. The smallest absolute Gasteiger partial charge is 0.295 e. The van der Waals surface area contributed by atoms with E-state index in [2.05, 4.69) is 5.32 Å². The molecule has 0 aromatic heterocycles. The number of non-ortho nitro benzene ring substituents is 1. The number of nitrogens with zero attached hydrogens (tertiary/aromatic N) is 1. The molecule has 176 valence electrons. The minimum absolute atomic E-state index is 0. The summed E-state index contributed by atoms with van der Waals surface area (Å²) >= 11 is 0. The number of phenols is 1. The number of nitro benzene ring substituents is 1. The molecule has 0 saturated carbocycles. The number of amides is 1. The van der Waals surface area contributed by atoms with Crippen molar-refractivity contribution in [2.24, 2.45) is 0 Å². The molecule has 3 aromatic rings. The largest absolute Gasteiger partial charge is 0.507 e. The van der Waals surface area contributed by atoms with E-state index in [9.17, 15) is 46.0 Å². The third-order valence-electron chi connectivity index (χ3n) is 4.28. The van der Waals surface area contributed by atoms with Gasteiger partial charge in [0.05, 0.1) is 21.6 Å². The van der Waals surface area contributed by atoms with E-state index < -0.39 is 58.6 Å². The van der Waals surface area contributed by atoms with Gasteiger partial charge in [0.2, 0.25) is 0 Å². The number of nitrogens with one attached hydrogen (secondary N) is 1. The maximum atomic E-state index is 12.3. The van der Waals surface area contributed by atoms with Crippen LogP contribution >= 0.6 is 0 Å². The van der Waals surface area contributed by atoms with E-state index in [1.54, 1.807) is 0 Å². The van der Waals surface area contributed by atoms with Gasteiger partial charge in [0, 0.05) is 82.0 Å². The van der Waals surface area contributed by atoms with Crippen LogP contribution in [0.2, 0.25) is 0 Å². The average molecular weight is 544 g/mol. The third kappa shape index (κ3) is 7.60. The summed E-state index contributed by atoms with van der Waals surface area (Å²) < 4.78 is 70.1. The van der Waals surface area contributed by atoms with Crippen LogP contribution in [-0.4, -0.2) is 108 Å². The van der Waals surface area contributed by atoms with Crippen molar-refractivity contribution in [2.75, 3.05) is 11.9 Å². The maximum Gasteiger partial charge on any atom is 0.295 e. The van der Waals surface area contributed by atoms with E-state index in [1.807, 2.05) is 0 Å². The number of aromatic hydroxyl groups is 1. The van der Waals surface area contributed by atoms with E-state index in [-0.39, 0.29) is 81.6 Å². The van der Waals surface area contributed by atoms with Gasteiger partial charge in [-0.05, 0) is 24.3 Å². The fourth-order valence-electron chi connectivity index (χ4n) is 2.91. The summed E-state index contributed by atoms with van der Waals surface area (Å²) in [6, 6.07) is 8.23. The van der Waals surface area contributed by atoms with Gasteiger partial charge in [-0.15, -0.1) is 0 Å². The molecule has 1 amide bonds. The number of hydrogen-bond donors (Lipinski definition) is 4. The zero-order valence-electron chi connectivity index (χ0n) is 18.2. The van der Waals surface area contributed by atoms with Crippen LogP contribution in [0.1, 0.15) is 0 Å². The third-order valence-corrected chi connectivity index (χ3v) is 6.02. The van der Waals surface area contributed by atoms with Crippen molar-refractivity contribution in [2.45, 2.75) is 9.79 Å². The Morgan fingerprint density at radius 2 is 1.66 bits per heavy atom. The van der Waals surface area contributed by atoms with Gasteiger partial charge in [-0.25, -0.2) is 0 Å². The van der Waals surface area contributed by atoms with E-state index >= 15 is 0 Å². The van der Waals surface area contributed by atoms with Gasteiger partial charge in [-0.3, -0.25) is 24.0 Å². The Morgan fingerprint density at radius 1 is 1.00 bits per heavy atom. The quantitative estimate of drug-likeness (QED) is 0.144. The molecular weight excluding hydrogens is 530 g/mol. The normalized spacial score (nSPS) is 11.1. The van der Waals surface area contributed by atoms with Crippen LogP contribution in [0, 0.1) is 10.1 Å². The zero-order valence-corrected chi connectivity index (χ0v) is 23.8. The molecule has 0 aliphatic carbocycles. The molecule has 0 saturated heterocycles. The topological polar surface area (TPSA) is 210 Å². The van der Waals surface area contributed by atoms with Crippen LogP contribution in [-0.2, 0) is 25.0 Å². The molecule has 3 rings (SSSR count). The van der Waals surface area contributed by atoms with Gasteiger partial charge in [-0.1, -0.05) is 6.07 Å². The van der Waals surface area contributed by atoms with Crippen molar-refractivity contribution in [1.29, 1.82) is 0 Å². The summed E-state index contributed by atoms with van der Waals surface area (Å²) in [5.41, 5.74) is -0.441. The Hall–Kier alpha value is -1.79. The van der Waals surface area contributed by atoms with E-state index in [0.717, 1.165) is 18.2 Å². The van der Waals surface area contributed by atoms with Crippen molar-refractivity contribution in [3.63, 3.8) is 0 Å². The molecule has 13 nitrogen and oxygen atoms in total. The molecule has 0 atom stereocenters. The fourth-order valence-corrected chi connectivity index (χ4v) is 4.12. The van der Waals surface area contributed by atoms with Crippen molar-refractivity contribution >= 4 is 107 Å². The monoisotopic (exact) mass is 544 g/mol. The van der Waals surface area contributed by atoms with Crippen LogP contribution in [0.25, 0.3) is 10.8 Å².